The van der Waals surface area contributed by atoms with Gasteiger partial charge in [-0.3, -0.25) is 14.6 Å². The molecule has 0 aliphatic carbocycles. The van der Waals surface area contributed by atoms with E-state index in [1.165, 1.54) is 16.9 Å². The third-order valence-electron chi connectivity index (χ3n) is 1.89. The van der Waals surface area contributed by atoms with Crippen molar-refractivity contribution in [3.05, 3.63) is 0 Å². The van der Waals surface area contributed by atoms with Crippen molar-refractivity contribution in [1.29, 1.82) is 0 Å². The third kappa shape index (κ3) is 1.20. The Hall–Kier alpha value is -1.06. The quantitative estimate of drug-likeness (QED) is 0.495. The fourth-order valence-electron chi connectivity index (χ4n) is 1.41. The summed E-state index contributed by atoms with van der Waals surface area (Å²) in [6.45, 7) is 3.33. The first kappa shape index (κ1) is 8.04. The lowest BCUT2D eigenvalue weighted by Crippen LogP contribution is -2.42. The fourth-order valence-corrected chi connectivity index (χ4v) is 1.41. The van der Waals surface area contributed by atoms with Gasteiger partial charge in [0.05, 0.1) is 12.5 Å². The maximum atomic E-state index is 11.0. The molecule has 1 unspecified atom stereocenters. The highest BCUT2D eigenvalue weighted by atomic mass is 16.2. The van der Waals surface area contributed by atoms with Crippen LogP contribution in [0.15, 0.2) is 0 Å². The van der Waals surface area contributed by atoms with Gasteiger partial charge in [0.2, 0.25) is 11.8 Å². The van der Waals surface area contributed by atoms with Gasteiger partial charge in [-0.25, -0.2) is 5.01 Å². The highest BCUT2D eigenvalue weighted by molar-refractivity contribution is 5.84. The molecule has 0 aromatic rings. The van der Waals surface area contributed by atoms with E-state index >= 15 is 0 Å². The fraction of sp³-hybridized carbons (Fsp3) is 0.714. The number of amides is 2. The van der Waals surface area contributed by atoms with E-state index in [2.05, 4.69) is 0 Å². The first-order valence-corrected chi connectivity index (χ1v) is 3.60. The average Bonchev–Trinajstić information content (AvgIpc) is 2.07. The smallest absolute Gasteiger partial charge is 0.243 e. The lowest BCUT2D eigenvalue weighted by atomic mass is 10.2. The number of carbonyl (C=O) groups is 2. The minimum absolute atomic E-state index is 0.00713. The van der Waals surface area contributed by atoms with Crippen molar-refractivity contribution in [1.82, 2.24) is 10.0 Å². The predicted octanol–water partition coefficient (Wildman–Crippen LogP) is 0.000500. The third-order valence-corrected chi connectivity index (χ3v) is 1.89. The van der Waals surface area contributed by atoms with Gasteiger partial charge in [0, 0.05) is 14.0 Å². The topological polar surface area (TPSA) is 40.6 Å². The molecule has 1 heterocycles. The zero-order valence-electron chi connectivity index (χ0n) is 7.00. The van der Waals surface area contributed by atoms with E-state index in [0.29, 0.717) is 6.42 Å². The van der Waals surface area contributed by atoms with Crippen LogP contribution in [0, 0.1) is 0 Å². The molecule has 1 atom stereocenters. The number of hydrogen-bond acceptors (Lipinski definition) is 2. The molecule has 1 fully saturated rings. The molecule has 2 amide bonds. The van der Waals surface area contributed by atoms with Crippen molar-refractivity contribution in [3.63, 3.8) is 0 Å². The minimum Gasteiger partial charge on any atom is -0.273 e. The van der Waals surface area contributed by atoms with Crippen molar-refractivity contribution < 1.29 is 9.59 Å². The summed E-state index contributed by atoms with van der Waals surface area (Å²) in [6.07, 6.45) is 0.441. The number of hydrogen-bond donors (Lipinski definition) is 0. The van der Waals surface area contributed by atoms with Crippen molar-refractivity contribution in [2.24, 2.45) is 0 Å². The summed E-state index contributed by atoms with van der Waals surface area (Å²) in [5.41, 5.74) is 0. The van der Waals surface area contributed by atoms with E-state index < -0.39 is 0 Å². The molecule has 0 N–H and O–H groups in total. The molecular formula is C7H12N2O2. The monoisotopic (exact) mass is 156 g/mol. The second kappa shape index (κ2) is 2.53. The zero-order chi connectivity index (χ0) is 8.59. The van der Waals surface area contributed by atoms with E-state index in [1.54, 1.807) is 7.05 Å². The Morgan fingerprint density at radius 2 is 2.18 bits per heavy atom. The van der Waals surface area contributed by atoms with Crippen LogP contribution in [0.4, 0.5) is 0 Å². The summed E-state index contributed by atoms with van der Waals surface area (Å²) in [7, 11) is 1.62. The van der Waals surface area contributed by atoms with E-state index in [1.807, 2.05) is 6.92 Å². The van der Waals surface area contributed by atoms with Gasteiger partial charge in [0.25, 0.3) is 0 Å². The van der Waals surface area contributed by atoms with Crippen LogP contribution in [0.1, 0.15) is 20.3 Å². The molecule has 0 bridgehead atoms. The van der Waals surface area contributed by atoms with Gasteiger partial charge in [-0.15, -0.1) is 0 Å². The Balaban J connectivity index is 2.79. The number of hydrazine groups is 1. The molecule has 0 radical (unpaired) electrons. The minimum atomic E-state index is -0.0779. The van der Waals surface area contributed by atoms with E-state index in [0.717, 1.165) is 0 Å². The molecule has 0 aromatic heterocycles. The largest absolute Gasteiger partial charge is 0.273 e. The maximum Gasteiger partial charge on any atom is 0.243 e. The highest BCUT2D eigenvalue weighted by Gasteiger charge is 2.33. The Morgan fingerprint density at radius 3 is 2.36 bits per heavy atom. The molecule has 11 heavy (non-hydrogen) atoms. The van der Waals surface area contributed by atoms with Crippen LogP contribution < -0.4 is 0 Å². The van der Waals surface area contributed by atoms with Gasteiger partial charge in [-0.1, -0.05) is 0 Å². The number of rotatable bonds is 0. The van der Waals surface area contributed by atoms with Gasteiger partial charge in [-0.05, 0) is 6.92 Å². The van der Waals surface area contributed by atoms with Crippen molar-refractivity contribution in [2.75, 3.05) is 7.05 Å². The Kier molecular flexibility index (Phi) is 1.85. The molecule has 4 heteroatoms. The van der Waals surface area contributed by atoms with E-state index in [9.17, 15) is 9.59 Å². The average molecular weight is 156 g/mol. The van der Waals surface area contributed by atoms with Crippen LogP contribution in [0.2, 0.25) is 0 Å². The van der Waals surface area contributed by atoms with E-state index in [4.69, 9.17) is 0 Å². The summed E-state index contributed by atoms with van der Waals surface area (Å²) in [5.74, 6) is -0.0708. The van der Waals surface area contributed by atoms with Crippen LogP contribution >= 0.6 is 0 Å². The van der Waals surface area contributed by atoms with Crippen molar-refractivity contribution in [3.8, 4) is 0 Å². The second-order valence-electron chi connectivity index (χ2n) is 2.83. The Labute approximate surface area is 65.7 Å². The Bertz CT molecular complexity index is 203. The molecule has 0 saturated carbocycles. The van der Waals surface area contributed by atoms with Gasteiger partial charge in [-0.2, -0.15) is 0 Å². The summed E-state index contributed by atoms with van der Waals surface area (Å²) in [5, 5.41) is 2.86. The van der Waals surface area contributed by atoms with E-state index in [-0.39, 0.29) is 17.9 Å². The molecule has 62 valence electrons. The molecular weight excluding hydrogens is 144 g/mol. The predicted molar refractivity (Wildman–Crippen MR) is 39.4 cm³/mol. The van der Waals surface area contributed by atoms with Crippen LogP contribution in [-0.4, -0.2) is 34.9 Å². The summed E-state index contributed by atoms with van der Waals surface area (Å²) in [4.78, 5) is 22.0. The normalized spacial score (nSPS) is 24.6. The van der Waals surface area contributed by atoms with Crippen LogP contribution in [0.5, 0.6) is 0 Å². The first-order chi connectivity index (χ1) is 5.04. The van der Waals surface area contributed by atoms with Gasteiger partial charge >= 0.3 is 0 Å². The summed E-state index contributed by atoms with van der Waals surface area (Å²) < 4.78 is 0. The van der Waals surface area contributed by atoms with Crippen LogP contribution in [-0.2, 0) is 9.59 Å². The molecule has 1 saturated heterocycles. The second-order valence-corrected chi connectivity index (χ2v) is 2.83. The van der Waals surface area contributed by atoms with Gasteiger partial charge in [0.1, 0.15) is 0 Å². The molecule has 0 aromatic carbocycles. The lowest BCUT2D eigenvalue weighted by molar-refractivity contribution is -0.151. The van der Waals surface area contributed by atoms with Crippen LogP contribution in [0.3, 0.4) is 0 Å². The summed E-state index contributed by atoms with van der Waals surface area (Å²) in [6, 6.07) is 0.0185. The molecule has 4 nitrogen and oxygen atoms in total. The molecule has 1 rings (SSSR count). The summed E-state index contributed by atoms with van der Waals surface area (Å²) >= 11 is 0. The molecule has 1 aliphatic rings. The van der Waals surface area contributed by atoms with Crippen molar-refractivity contribution >= 4 is 11.8 Å². The number of carbonyl (C=O) groups excluding carboxylic acids is 2. The van der Waals surface area contributed by atoms with Gasteiger partial charge < -0.3 is 0 Å². The van der Waals surface area contributed by atoms with Crippen molar-refractivity contribution in [2.45, 2.75) is 26.3 Å². The van der Waals surface area contributed by atoms with Gasteiger partial charge in [0.15, 0.2) is 0 Å². The first-order valence-electron chi connectivity index (χ1n) is 3.60. The molecule has 1 aliphatic heterocycles. The maximum absolute atomic E-state index is 11.0. The Morgan fingerprint density at radius 1 is 1.64 bits per heavy atom. The highest BCUT2D eigenvalue weighted by Crippen LogP contribution is 2.16. The van der Waals surface area contributed by atoms with Crippen LogP contribution in [0.25, 0.3) is 0 Å². The lowest BCUT2D eigenvalue weighted by Gasteiger charge is -2.25. The zero-order valence-corrected chi connectivity index (χ0v) is 7.00. The SMILES string of the molecule is CC(=O)N1C(C)CC(=O)N1C. The number of nitrogens with zero attached hydrogens (tertiary/aromatic N) is 2. The standard InChI is InChI=1S/C7H12N2O2/c1-5-4-7(11)8(3)9(5)6(2)10/h5H,4H2,1-3H3. The molecule has 0 spiro atoms.